The van der Waals surface area contributed by atoms with E-state index in [1.807, 2.05) is 42.5 Å². The molecule has 1 aliphatic carbocycles. The fraction of sp³-hybridized carbons (Fsp3) is 0.286. The van der Waals surface area contributed by atoms with Crippen LogP contribution in [-0.4, -0.2) is 40.1 Å². The van der Waals surface area contributed by atoms with E-state index in [0.29, 0.717) is 12.2 Å². The number of likely N-dealkylation sites (N-methyl/N-ethyl adjacent to an activating group) is 1. The SMILES string of the molecule is CN1C(=O)[C@@H](NC(=O)c2nnc(Cc3ccccc3)s2)C2CC2c2cccnc21. The number of anilines is 1. The lowest BCUT2D eigenvalue weighted by molar-refractivity contribution is -0.120. The highest BCUT2D eigenvalue weighted by Crippen LogP contribution is 2.53. The maximum absolute atomic E-state index is 13.0. The summed E-state index contributed by atoms with van der Waals surface area (Å²) in [5, 5.41) is 12.1. The van der Waals surface area contributed by atoms with Crippen molar-refractivity contribution in [3.8, 4) is 0 Å². The number of carbonyl (C=O) groups excluding carboxylic acids is 2. The van der Waals surface area contributed by atoms with Gasteiger partial charge in [0, 0.05) is 19.7 Å². The highest BCUT2D eigenvalue weighted by Gasteiger charge is 2.52. The van der Waals surface area contributed by atoms with Crippen molar-refractivity contribution in [2.24, 2.45) is 5.92 Å². The monoisotopic (exact) mass is 405 g/mol. The third-order valence-electron chi connectivity index (χ3n) is 5.54. The molecule has 0 radical (unpaired) electrons. The molecule has 29 heavy (non-hydrogen) atoms. The number of nitrogens with zero attached hydrogens (tertiary/aromatic N) is 4. The predicted molar refractivity (Wildman–Crippen MR) is 109 cm³/mol. The first-order valence-corrected chi connectivity index (χ1v) is 10.3. The van der Waals surface area contributed by atoms with Crippen LogP contribution in [-0.2, 0) is 11.2 Å². The van der Waals surface area contributed by atoms with E-state index in [1.54, 1.807) is 18.1 Å². The topological polar surface area (TPSA) is 88.1 Å². The van der Waals surface area contributed by atoms with Crippen molar-refractivity contribution in [3.05, 3.63) is 69.8 Å². The van der Waals surface area contributed by atoms with E-state index in [0.717, 1.165) is 22.6 Å². The summed E-state index contributed by atoms with van der Waals surface area (Å²) in [6, 6.07) is 13.3. The number of hydrogen-bond acceptors (Lipinski definition) is 6. The summed E-state index contributed by atoms with van der Waals surface area (Å²) in [6.07, 6.45) is 3.19. The fourth-order valence-corrected chi connectivity index (χ4v) is 4.75. The van der Waals surface area contributed by atoms with Crippen LogP contribution in [0.15, 0.2) is 48.7 Å². The number of nitrogens with one attached hydrogen (secondary N) is 1. The Labute approximate surface area is 171 Å². The first-order chi connectivity index (χ1) is 14.1. The molecule has 7 nitrogen and oxygen atoms in total. The number of rotatable bonds is 4. The van der Waals surface area contributed by atoms with Gasteiger partial charge < -0.3 is 5.32 Å². The quantitative estimate of drug-likeness (QED) is 0.720. The third kappa shape index (κ3) is 3.29. The molecule has 1 aliphatic heterocycles. The Morgan fingerprint density at radius 1 is 1.21 bits per heavy atom. The van der Waals surface area contributed by atoms with E-state index in [2.05, 4.69) is 20.5 Å². The number of carbonyl (C=O) groups is 2. The Hall–Kier alpha value is -3.13. The zero-order valence-electron chi connectivity index (χ0n) is 15.8. The van der Waals surface area contributed by atoms with Crippen molar-refractivity contribution in [1.29, 1.82) is 0 Å². The molecule has 3 aromatic rings. The Balaban J connectivity index is 1.32. The predicted octanol–water partition coefficient (Wildman–Crippen LogP) is 2.40. The molecule has 3 atom stereocenters. The lowest BCUT2D eigenvalue weighted by Gasteiger charge is -2.22. The normalized spacial score (nSPS) is 22.4. The van der Waals surface area contributed by atoms with Crippen LogP contribution in [0.4, 0.5) is 5.82 Å². The number of benzene rings is 1. The molecule has 1 saturated carbocycles. The lowest BCUT2D eigenvalue weighted by Crippen LogP contribution is -2.48. The molecule has 0 spiro atoms. The summed E-state index contributed by atoms with van der Waals surface area (Å²) in [5.74, 6) is 0.537. The minimum Gasteiger partial charge on any atom is -0.338 e. The zero-order valence-corrected chi connectivity index (χ0v) is 16.6. The van der Waals surface area contributed by atoms with Crippen LogP contribution in [0.2, 0.25) is 0 Å². The molecule has 2 unspecified atom stereocenters. The van der Waals surface area contributed by atoms with Gasteiger partial charge in [-0.1, -0.05) is 47.7 Å². The summed E-state index contributed by atoms with van der Waals surface area (Å²) in [7, 11) is 1.71. The minimum atomic E-state index is -0.576. The molecule has 146 valence electrons. The van der Waals surface area contributed by atoms with Crippen LogP contribution in [0.1, 0.15) is 38.3 Å². The molecule has 0 bridgehead atoms. The Morgan fingerprint density at radius 2 is 2.03 bits per heavy atom. The summed E-state index contributed by atoms with van der Waals surface area (Å²) < 4.78 is 0. The molecule has 1 N–H and O–H groups in total. The molecular weight excluding hydrogens is 386 g/mol. The standard InChI is InChI=1S/C21H19N5O2S/c1-26-18-13(8-5-9-22-18)14-11-15(14)17(21(26)28)23-19(27)20-25-24-16(29-20)10-12-6-3-2-4-7-12/h2-9,14-15,17H,10-11H2,1H3,(H,23,27)/t14?,15?,17-/m0/s1. The van der Waals surface area contributed by atoms with Crippen LogP contribution in [0.25, 0.3) is 0 Å². The lowest BCUT2D eigenvalue weighted by atomic mass is 10.1. The molecule has 1 fully saturated rings. The van der Waals surface area contributed by atoms with Gasteiger partial charge in [-0.05, 0) is 35.4 Å². The smallest absolute Gasteiger partial charge is 0.282 e. The van der Waals surface area contributed by atoms with Gasteiger partial charge in [-0.2, -0.15) is 0 Å². The third-order valence-corrected chi connectivity index (χ3v) is 6.47. The van der Waals surface area contributed by atoms with Crippen molar-refractivity contribution >= 4 is 29.0 Å². The molecule has 8 heteroatoms. The van der Waals surface area contributed by atoms with Gasteiger partial charge in [0.25, 0.3) is 11.8 Å². The average molecular weight is 405 g/mol. The van der Waals surface area contributed by atoms with Crippen LogP contribution in [0.5, 0.6) is 0 Å². The number of hydrogen-bond donors (Lipinski definition) is 1. The molecule has 2 aliphatic rings. The van der Waals surface area contributed by atoms with Gasteiger partial charge in [0.2, 0.25) is 5.01 Å². The van der Waals surface area contributed by atoms with E-state index in [1.165, 1.54) is 11.3 Å². The molecule has 3 heterocycles. The molecule has 0 saturated heterocycles. The first-order valence-electron chi connectivity index (χ1n) is 9.51. The van der Waals surface area contributed by atoms with Gasteiger partial charge in [-0.15, -0.1) is 10.2 Å². The molecule has 1 aromatic carbocycles. The van der Waals surface area contributed by atoms with Gasteiger partial charge in [0.05, 0.1) is 0 Å². The maximum atomic E-state index is 13.0. The van der Waals surface area contributed by atoms with Gasteiger partial charge in [0.1, 0.15) is 16.9 Å². The van der Waals surface area contributed by atoms with E-state index < -0.39 is 6.04 Å². The zero-order chi connectivity index (χ0) is 20.0. The summed E-state index contributed by atoms with van der Waals surface area (Å²) >= 11 is 1.26. The fourth-order valence-electron chi connectivity index (χ4n) is 3.97. The van der Waals surface area contributed by atoms with Crippen molar-refractivity contribution in [1.82, 2.24) is 20.5 Å². The maximum Gasteiger partial charge on any atom is 0.282 e. The van der Waals surface area contributed by atoms with Gasteiger partial charge in [0.15, 0.2) is 0 Å². The Kier molecular flexibility index (Phi) is 4.35. The van der Waals surface area contributed by atoms with Gasteiger partial charge in [-0.3, -0.25) is 14.5 Å². The van der Waals surface area contributed by atoms with E-state index >= 15 is 0 Å². The highest BCUT2D eigenvalue weighted by molar-refractivity contribution is 7.13. The van der Waals surface area contributed by atoms with Crippen molar-refractivity contribution in [3.63, 3.8) is 0 Å². The second-order valence-corrected chi connectivity index (χ2v) is 8.50. The van der Waals surface area contributed by atoms with Crippen LogP contribution < -0.4 is 10.2 Å². The van der Waals surface area contributed by atoms with Crippen molar-refractivity contribution in [2.75, 3.05) is 11.9 Å². The van der Waals surface area contributed by atoms with Crippen molar-refractivity contribution < 1.29 is 9.59 Å². The molecule has 5 rings (SSSR count). The number of pyridine rings is 1. The summed E-state index contributed by atoms with van der Waals surface area (Å²) in [6.45, 7) is 0. The number of aromatic nitrogens is 3. The highest BCUT2D eigenvalue weighted by atomic mass is 32.1. The number of fused-ring (bicyclic) bond motifs is 3. The Bertz CT molecular complexity index is 1080. The van der Waals surface area contributed by atoms with Crippen LogP contribution >= 0.6 is 11.3 Å². The Morgan fingerprint density at radius 3 is 2.86 bits per heavy atom. The van der Waals surface area contributed by atoms with E-state index in [4.69, 9.17) is 0 Å². The van der Waals surface area contributed by atoms with Gasteiger partial charge >= 0.3 is 0 Å². The average Bonchev–Trinajstić information content (AvgIpc) is 3.41. The first kappa shape index (κ1) is 17.9. The second kappa shape index (κ2) is 7.04. The molecular formula is C21H19N5O2S. The number of amides is 2. The largest absolute Gasteiger partial charge is 0.338 e. The second-order valence-electron chi connectivity index (χ2n) is 7.43. The van der Waals surface area contributed by atoms with Crippen LogP contribution in [0.3, 0.4) is 0 Å². The summed E-state index contributed by atoms with van der Waals surface area (Å²) in [4.78, 5) is 31.7. The minimum absolute atomic E-state index is 0.0936. The van der Waals surface area contributed by atoms with Crippen molar-refractivity contribution in [2.45, 2.75) is 24.8 Å². The molecule has 2 amide bonds. The van der Waals surface area contributed by atoms with E-state index in [9.17, 15) is 9.59 Å². The van der Waals surface area contributed by atoms with E-state index in [-0.39, 0.29) is 28.7 Å². The summed E-state index contributed by atoms with van der Waals surface area (Å²) in [5.41, 5.74) is 2.19. The van der Waals surface area contributed by atoms with Gasteiger partial charge in [-0.25, -0.2) is 4.98 Å². The van der Waals surface area contributed by atoms with Crippen LogP contribution in [0, 0.1) is 5.92 Å². The molecule has 2 aromatic heterocycles.